The molecular formula is C17H24ClNO. The standard InChI is InChI=1S/C17H24ClNO/c1-12-8-13(2)15(14(3)9-12)16(20)19-11-17(10-18)6-4-5-7-17/h8-9H,4-7,10-11H2,1-3H3,(H,19,20). The number of nitrogens with one attached hydrogen (secondary N) is 1. The molecular weight excluding hydrogens is 270 g/mol. The van der Waals surface area contributed by atoms with Crippen molar-refractivity contribution in [1.29, 1.82) is 0 Å². The van der Waals surface area contributed by atoms with E-state index in [1.165, 1.54) is 18.4 Å². The monoisotopic (exact) mass is 293 g/mol. The Labute approximate surface area is 126 Å². The molecule has 0 aromatic heterocycles. The molecule has 0 saturated heterocycles. The molecule has 0 aliphatic heterocycles. The molecule has 2 nitrogen and oxygen atoms in total. The third-order valence-corrected chi connectivity index (χ3v) is 5.04. The highest BCUT2D eigenvalue weighted by Gasteiger charge is 2.33. The molecule has 0 spiro atoms. The van der Waals surface area contributed by atoms with Crippen LogP contribution in [0.3, 0.4) is 0 Å². The minimum absolute atomic E-state index is 0.0383. The lowest BCUT2D eigenvalue weighted by atomic mass is 9.88. The average Bonchev–Trinajstić information content (AvgIpc) is 2.84. The van der Waals surface area contributed by atoms with Crippen LogP contribution in [0.25, 0.3) is 0 Å². The second kappa shape index (κ2) is 6.17. The summed E-state index contributed by atoms with van der Waals surface area (Å²) in [7, 11) is 0. The molecule has 20 heavy (non-hydrogen) atoms. The fourth-order valence-electron chi connectivity index (χ4n) is 3.38. The molecule has 110 valence electrons. The zero-order valence-electron chi connectivity index (χ0n) is 12.7. The van der Waals surface area contributed by atoms with Gasteiger partial charge in [-0.15, -0.1) is 11.6 Å². The summed E-state index contributed by atoms with van der Waals surface area (Å²) in [6.07, 6.45) is 4.71. The van der Waals surface area contributed by atoms with Crippen molar-refractivity contribution in [3.05, 3.63) is 34.4 Å². The van der Waals surface area contributed by atoms with E-state index in [1.54, 1.807) is 0 Å². The zero-order chi connectivity index (χ0) is 14.8. The van der Waals surface area contributed by atoms with Crippen LogP contribution in [-0.2, 0) is 0 Å². The topological polar surface area (TPSA) is 29.1 Å². The maximum Gasteiger partial charge on any atom is 0.251 e. The SMILES string of the molecule is Cc1cc(C)c(C(=O)NCC2(CCl)CCCC2)c(C)c1. The first-order valence-corrected chi connectivity index (χ1v) is 7.93. The Balaban J connectivity index is 2.09. The number of rotatable bonds is 4. The van der Waals surface area contributed by atoms with Gasteiger partial charge in [-0.1, -0.05) is 30.5 Å². The van der Waals surface area contributed by atoms with E-state index in [1.807, 2.05) is 13.8 Å². The highest BCUT2D eigenvalue weighted by atomic mass is 35.5. The van der Waals surface area contributed by atoms with Crippen LogP contribution >= 0.6 is 11.6 Å². The van der Waals surface area contributed by atoms with Gasteiger partial charge in [0.15, 0.2) is 0 Å². The molecule has 1 amide bonds. The number of hydrogen-bond acceptors (Lipinski definition) is 1. The highest BCUT2D eigenvalue weighted by Crippen LogP contribution is 2.38. The summed E-state index contributed by atoms with van der Waals surface area (Å²) >= 11 is 6.13. The Morgan fingerprint density at radius 2 is 1.75 bits per heavy atom. The molecule has 1 saturated carbocycles. The van der Waals surface area contributed by atoms with Crippen LogP contribution < -0.4 is 5.32 Å². The molecule has 0 unspecified atom stereocenters. The van der Waals surface area contributed by atoms with Crippen molar-refractivity contribution in [3.63, 3.8) is 0 Å². The molecule has 1 aromatic carbocycles. The maximum atomic E-state index is 12.5. The quantitative estimate of drug-likeness (QED) is 0.831. The van der Waals surface area contributed by atoms with Crippen molar-refractivity contribution < 1.29 is 4.79 Å². The van der Waals surface area contributed by atoms with Gasteiger partial charge in [0.25, 0.3) is 5.91 Å². The van der Waals surface area contributed by atoms with Gasteiger partial charge >= 0.3 is 0 Å². The van der Waals surface area contributed by atoms with Gasteiger partial charge in [-0.3, -0.25) is 4.79 Å². The minimum atomic E-state index is 0.0383. The fourth-order valence-corrected chi connectivity index (χ4v) is 3.74. The number of carbonyl (C=O) groups excluding carboxylic acids is 1. The summed E-state index contributed by atoms with van der Waals surface area (Å²) in [6.45, 7) is 6.76. The molecule has 3 heteroatoms. The van der Waals surface area contributed by atoms with Crippen molar-refractivity contribution in [1.82, 2.24) is 5.32 Å². The number of aryl methyl sites for hydroxylation is 3. The van der Waals surface area contributed by atoms with Gasteiger partial charge in [0.1, 0.15) is 0 Å². The lowest BCUT2D eigenvalue weighted by Crippen LogP contribution is -2.37. The van der Waals surface area contributed by atoms with Crippen molar-refractivity contribution >= 4 is 17.5 Å². The molecule has 1 aliphatic rings. The molecule has 0 atom stereocenters. The predicted molar refractivity (Wildman–Crippen MR) is 84.6 cm³/mol. The number of carbonyl (C=O) groups is 1. The van der Waals surface area contributed by atoms with Crippen molar-refractivity contribution in [3.8, 4) is 0 Å². The molecule has 1 aromatic rings. The van der Waals surface area contributed by atoms with E-state index in [0.717, 1.165) is 29.5 Å². The average molecular weight is 294 g/mol. The summed E-state index contributed by atoms with van der Waals surface area (Å²) in [5.74, 6) is 0.676. The van der Waals surface area contributed by atoms with Crippen LogP contribution in [0.15, 0.2) is 12.1 Å². The van der Waals surface area contributed by atoms with Gasteiger partial charge in [-0.05, 0) is 44.7 Å². The van der Waals surface area contributed by atoms with Gasteiger partial charge in [0, 0.05) is 23.4 Å². The number of halogens is 1. The van der Waals surface area contributed by atoms with Crippen LogP contribution in [0.4, 0.5) is 0 Å². The molecule has 0 bridgehead atoms. The van der Waals surface area contributed by atoms with Gasteiger partial charge in [0.05, 0.1) is 0 Å². The number of benzene rings is 1. The van der Waals surface area contributed by atoms with Gasteiger partial charge in [-0.2, -0.15) is 0 Å². The predicted octanol–water partition coefficient (Wildman–Crippen LogP) is 4.14. The van der Waals surface area contributed by atoms with Crippen LogP contribution in [-0.4, -0.2) is 18.3 Å². The van der Waals surface area contributed by atoms with E-state index in [9.17, 15) is 4.79 Å². The second-order valence-electron chi connectivity index (χ2n) is 6.30. The van der Waals surface area contributed by atoms with Crippen LogP contribution in [0.2, 0.25) is 0 Å². The summed E-state index contributed by atoms with van der Waals surface area (Å²) in [6, 6.07) is 4.13. The Hall–Kier alpha value is -1.02. The van der Waals surface area contributed by atoms with E-state index in [4.69, 9.17) is 11.6 Å². The Morgan fingerprint density at radius 3 is 2.25 bits per heavy atom. The van der Waals surface area contributed by atoms with Crippen molar-refractivity contribution in [2.75, 3.05) is 12.4 Å². The maximum absolute atomic E-state index is 12.5. The van der Waals surface area contributed by atoms with E-state index in [0.29, 0.717) is 12.4 Å². The highest BCUT2D eigenvalue weighted by molar-refractivity contribution is 6.18. The molecule has 0 radical (unpaired) electrons. The summed E-state index contributed by atoms with van der Waals surface area (Å²) < 4.78 is 0. The molecule has 1 aliphatic carbocycles. The van der Waals surface area contributed by atoms with Gasteiger partial charge in [0.2, 0.25) is 0 Å². The van der Waals surface area contributed by atoms with E-state index in [-0.39, 0.29) is 11.3 Å². The second-order valence-corrected chi connectivity index (χ2v) is 6.56. The summed E-state index contributed by atoms with van der Waals surface area (Å²) in [4.78, 5) is 12.5. The molecule has 0 heterocycles. The third-order valence-electron chi connectivity index (χ3n) is 4.48. The molecule has 1 fully saturated rings. The number of hydrogen-bond donors (Lipinski definition) is 1. The lowest BCUT2D eigenvalue weighted by Gasteiger charge is -2.26. The first-order chi connectivity index (χ1) is 9.47. The zero-order valence-corrected chi connectivity index (χ0v) is 13.4. The Morgan fingerprint density at radius 1 is 1.20 bits per heavy atom. The van der Waals surface area contributed by atoms with Crippen LogP contribution in [0.5, 0.6) is 0 Å². The molecule has 1 N–H and O–H groups in total. The van der Waals surface area contributed by atoms with Gasteiger partial charge in [-0.25, -0.2) is 0 Å². The lowest BCUT2D eigenvalue weighted by molar-refractivity contribution is 0.0934. The summed E-state index contributed by atoms with van der Waals surface area (Å²) in [5.41, 5.74) is 4.23. The summed E-state index contributed by atoms with van der Waals surface area (Å²) in [5, 5.41) is 3.11. The number of amides is 1. The van der Waals surface area contributed by atoms with Crippen molar-refractivity contribution in [2.24, 2.45) is 5.41 Å². The molecule has 2 rings (SSSR count). The smallest absolute Gasteiger partial charge is 0.251 e. The van der Waals surface area contributed by atoms with E-state index in [2.05, 4.69) is 24.4 Å². The van der Waals surface area contributed by atoms with Crippen molar-refractivity contribution in [2.45, 2.75) is 46.5 Å². The normalized spacial score (nSPS) is 17.2. The Bertz CT molecular complexity index is 481. The third kappa shape index (κ3) is 3.17. The van der Waals surface area contributed by atoms with Crippen LogP contribution in [0.1, 0.15) is 52.7 Å². The fraction of sp³-hybridized carbons (Fsp3) is 0.588. The number of alkyl halides is 1. The first kappa shape index (κ1) is 15.4. The van der Waals surface area contributed by atoms with E-state index < -0.39 is 0 Å². The largest absolute Gasteiger partial charge is 0.351 e. The minimum Gasteiger partial charge on any atom is -0.351 e. The van der Waals surface area contributed by atoms with Gasteiger partial charge < -0.3 is 5.32 Å². The van der Waals surface area contributed by atoms with Crippen LogP contribution in [0, 0.1) is 26.2 Å². The first-order valence-electron chi connectivity index (χ1n) is 7.39. The van der Waals surface area contributed by atoms with E-state index >= 15 is 0 Å². The Kier molecular flexibility index (Phi) is 4.74.